The summed E-state index contributed by atoms with van der Waals surface area (Å²) in [5.41, 5.74) is -0.132. The van der Waals surface area contributed by atoms with Gasteiger partial charge in [-0.15, -0.1) is 0 Å². The van der Waals surface area contributed by atoms with Gasteiger partial charge in [0.1, 0.15) is 5.60 Å². The van der Waals surface area contributed by atoms with E-state index in [2.05, 4.69) is 15.9 Å². The number of nitro benzene ring substituents is 1. The Morgan fingerprint density at radius 3 is 2.75 bits per heavy atom. The molecule has 1 saturated carbocycles. The quantitative estimate of drug-likeness (QED) is 0.626. The van der Waals surface area contributed by atoms with Crippen LogP contribution in [0.25, 0.3) is 0 Å². The number of rotatable bonds is 4. The Balaban J connectivity index is 2.29. The molecule has 0 bridgehead atoms. The van der Waals surface area contributed by atoms with Gasteiger partial charge in [0.25, 0.3) is 0 Å². The van der Waals surface area contributed by atoms with Gasteiger partial charge >= 0.3 is 5.69 Å². The van der Waals surface area contributed by atoms with Crippen LogP contribution in [0.15, 0.2) is 22.7 Å². The minimum atomic E-state index is -0.411. The fourth-order valence-electron chi connectivity index (χ4n) is 1.62. The molecule has 16 heavy (non-hydrogen) atoms. The van der Waals surface area contributed by atoms with Crippen molar-refractivity contribution in [3.63, 3.8) is 0 Å². The highest BCUT2D eigenvalue weighted by atomic mass is 79.9. The molecule has 1 fully saturated rings. The summed E-state index contributed by atoms with van der Waals surface area (Å²) in [6, 6.07) is 4.88. The van der Waals surface area contributed by atoms with Crippen LogP contribution in [0.3, 0.4) is 0 Å². The monoisotopic (exact) mass is 285 g/mol. The van der Waals surface area contributed by atoms with Crippen LogP contribution in [0.1, 0.15) is 26.2 Å². The number of nitrogens with zero attached hydrogens (tertiary/aromatic N) is 1. The molecule has 0 unspecified atom stereocenters. The lowest BCUT2D eigenvalue weighted by atomic mass is 10.2. The van der Waals surface area contributed by atoms with E-state index in [9.17, 15) is 10.1 Å². The molecule has 0 radical (unpaired) electrons. The normalized spacial score (nSPS) is 16.9. The molecule has 0 amide bonds. The number of halogens is 1. The van der Waals surface area contributed by atoms with Gasteiger partial charge in [0, 0.05) is 10.5 Å². The van der Waals surface area contributed by atoms with Gasteiger partial charge in [0.2, 0.25) is 0 Å². The van der Waals surface area contributed by atoms with Crippen molar-refractivity contribution in [2.24, 2.45) is 0 Å². The molecule has 0 saturated heterocycles. The zero-order chi connectivity index (χ0) is 11.8. The largest absolute Gasteiger partial charge is 0.480 e. The van der Waals surface area contributed by atoms with Crippen molar-refractivity contribution in [1.29, 1.82) is 0 Å². The van der Waals surface area contributed by atoms with E-state index in [0.717, 1.165) is 19.3 Å². The Morgan fingerprint density at radius 2 is 2.25 bits per heavy atom. The Kier molecular flexibility index (Phi) is 2.88. The predicted molar refractivity (Wildman–Crippen MR) is 63.7 cm³/mol. The molecule has 2 rings (SSSR count). The van der Waals surface area contributed by atoms with E-state index < -0.39 is 4.92 Å². The highest BCUT2D eigenvalue weighted by molar-refractivity contribution is 9.10. The van der Waals surface area contributed by atoms with Gasteiger partial charge in [-0.3, -0.25) is 10.1 Å². The second kappa shape index (κ2) is 4.05. The molecular weight excluding hydrogens is 274 g/mol. The number of nitro groups is 1. The first-order chi connectivity index (χ1) is 7.56. The molecule has 0 spiro atoms. The van der Waals surface area contributed by atoms with Gasteiger partial charge in [0.05, 0.1) is 4.92 Å². The van der Waals surface area contributed by atoms with Crippen LogP contribution in [-0.4, -0.2) is 10.5 Å². The first-order valence-corrected chi connectivity index (χ1v) is 5.98. The number of hydrogen-bond acceptors (Lipinski definition) is 3. The maximum atomic E-state index is 10.9. The molecule has 5 heteroatoms. The zero-order valence-corrected chi connectivity index (χ0v) is 10.5. The van der Waals surface area contributed by atoms with E-state index in [0.29, 0.717) is 10.2 Å². The van der Waals surface area contributed by atoms with Gasteiger partial charge in [-0.25, -0.2) is 0 Å². The molecule has 0 aromatic heterocycles. The van der Waals surface area contributed by atoms with E-state index in [1.165, 1.54) is 6.07 Å². The van der Waals surface area contributed by atoms with E-state index in [1.54, 1.807) is 12.1 Å². The summed E-state index contributed by atoms with van der Waals surface area (Å²) >= 11 is 3.22. The van der Waals surface area contributed by atoms with Crippen molar-refractivity contribution in [3.8, 4) is 5.75 Å². The maximum Gasteiger partial charge on any atom is 0.312 e. The summed E-state index contributed by atoms with van der Waals surface area (Å²) in [6.07, 6.45) is 2.85. The molecule has 4 nitrogen and oxygen atoms in total. The van der Waals surface area contributed by atoms with Crippen molar-refractivity contribution < 1.29 is 9.66 Å². The van der Waals surface area contributed by atoms with Crippen LogP contribution in [0.4, 0.5) is 5.69 Å². The third-order valence-corrected chi connectivity index (χ3v) is 3.39. The molecule has 1 aliphatic carbocycles. The van der Waals surface area contributed by atoms with Crippen LogP contribution in [-0.2, 0) is 0 Å². The predicted octanol–water partition coefficient (Wildman–Crippen LogP) is 3.68. The third kappa shape index (κ3) is 2.19. The molecule has 86 valence electrons. The summed E-state index contributed by atoms with van der Waals surface area (Å²) < 4.78 is 6.43. The first-order valence-electron chi connectivity index (χ1n) is 5.19. The lowest BCUT2D eigenvalue weighted by Crippen LogP contribution is -2.17. The lowest BCUT2D eigenvalue weighted by Gasteiger charge is -2.15. The molecule has 0 heterocycles. The lowest BCUT2D eigenvalue weighted by molar-refractivity contribution is -0.386. The van der Waals surface area contributed by atoms with Gasteiger partial charge in [-0.2, -0.15) is 0 Å². The number of ether oxygens (including phenoxy) is 1. The van der Waals surface area contributed by atoms with Crippen molar-refractivity contribution in [1.82, 2.24) is 0 Å². The average molecular weight is 286 g/mol. The highest BCUT2D eigenvalue weighted by Crippen LogP contribution is 2.45. The minimum absolute atomic E-state index is 0.0223. The summed E-state index contributed by atoms with van der Waals surface area (Å²) in [5, 5.41) is 10.9. The van der Waals surface area contributed by atoms with E-state index in [1.807, 2.05) is 6.92 Å². The van der Waals surface area contributed by atoms with Crippen LogP contribution in [0.2, 0.25) is 0 Å². The minimum Gasteiger partial charge on any atom is -0.480 e. The second-order valence-corrected chi connectivity index (χ2v) is 4.92. The highest BCUT2D eigenvalue weighted by Gasteiger charge is 2.44. The average Bonchev–Trinajstić information content (AvgIpc) is 3.01. The van der Waals surface area contributed by atoms with Crippen LogP contribution < -0.4 is 4.74 Å². The smallest absolute Gasteiger partial charge is 0.312 e. The molecule has 1 aliphatic rings. The Bertz CT molecular complexity index is 429. The Hall–Kier alpha value is -1.10. The third-order valence-electron chi connectivity index (χ3n) is 2.90. The van der Waals surface area contributed by atoms with Crippen molar-refractivity contribution in [2.75, 3.05) is 0 Å². The van der Waals surface area contributed by atoms with Crippen molar-refractivity contribution in [3.05, 3.63) is 32.8 Å². The molecular formula is C11H12BrNO3. The van der Waals surface area contributed by atoms with Gasteiger partial charge in [0.15, 0.2) is 5.75 Å². The topological polar surface area (TPSA) is 52.4 Å². The summed E-state index contributed by atoms with van der Waals surface area (Å²) in [5.74, 6) is 0.368. The van der Waals surface area contributed by atoms with E-state index in [4.69, 9.17) is 4.74 Å². The number of hydrogen-bond donors (Lipinski definition) is 0. The maximum absolute atomic E-state index is 10.9. The number of benzene rings is 1. The fraction of sp³-hybridized carbons (Fsp3) is 0.455. The van der Waals surface area contributed by atoms with Crippen molar-refractivity contribution >= 4 is 21.6 Å². The Labute approximate surface area is 102 Å². The molecule has 0 atom stereocenters. The SMILES string of the molecule is CCC1(Oc2ccc(Br)cc2[N+](=O)[O-])CC1. The zero-order valence-electron chi connectivity index (χ0n) is 8.90. The van der Waals surface area contributed by atoms with Gasteiger partial charge in [-0.1, -0.05) is 22.9 Å². The second-order valence-electron chi connectivity index (χ2n) is 4.01. The first kappa shape index (κ1) is 11.4. The molecule has 1 aromatic carbocycles. The molecule has 0 N–H and O–H groups in total. The van der Waals surface area contributed by atoms with Gasteiger partial charge < -0.3 is 4.74 Å². The molecule has 0 aliphatic heterocycles. The van der Waals surface area contributed by atoms with E-state index in [-0.39, 0.29) is 11.3 Å². The van der Waals surface area contributed by atoms with E-state index >= 15 is 0 Å². The van der Waals surface area contributed by atoms with Crippen molar-refractivity contribution in [2.45, 2.75) is 31.8 Å². The summed E-state index contributed by atoms with van der Waals surface area (Å²) in [6.45, 7) is 2.04. The summed E-state index contributed by atoms with van der Waals surface area (Å²) in [7, 11) is 0. The fourth-order valence-corrected chi connectivity index (χ4v) is 1.97. The van der Waals surface area contributed by atoms with Gasteiger partial charge in [-0.05, 0) is 31.4 Å². The Morgan fingerprint density at radius 1 is 1.56 bits per heavy atom. The summed E-state index contributed by atoms with van der Waals surface area (Å²) in [4.78, 5) is 10.5. The molecule has 1 aromatic rings. The van der Waals surface area contributed by atoms with Crippen LogP contribution in [0, 0.1) is 10.1 Å². The van der Waals surface area contributed by atoms with Crippen LogP contribution >= 0.6 is 15.9 Å². The van der Waals surface area contributed by atoms with Crippen LogP contribution in [0.5, 0.6) is 5.75 Å². The standard InChI is InChI=1S/C11H12BrNO3/c1-2-11(5-6-11)16-10-4-3-8(12)7-9(10)13(14)15/h3-4,7H,2,5-6H2,1H3.